The Morgan fingerprint density at radius 1 is 1.09 bits per heavy atom. The Balaban J connectivity index is 1.76. The van der Waals surface area contributed by atoms with E-state index >= 15 is 0 Å². The highest BCUT2D eigenvalue weighted by Crippen LogP contribution is 2.13. The number of esters is 1. The number of likely N-dealkylation sites (N-methyl/N-ethyl adjacent to an activating group) is 1. The van der Waals surface area contributed by atoms with Crippen LogP contribution in [0, 0.1) is 0 Å². The quantitative estimate of drug-likeness (QED) is 0.789. The van der Waals surface area contributed by atoms with Crippen LogP contribution in [0.25, 0.3) is 0 Å². The maximum Gasteiger partial charge on any atom is 0.338 e. The molecule has 1 atom stereocenters. The predicted octanol–water partition coefficient (Wildman–Crippen LogP) is 1.57. The van der Waals surface area contributed by atoms with Crippen molar-refractivity contribution < 1.29 is 19.2 Å². The largest absolute Gasteiger partial charge is 0.497 e. The summed E-state index contributed by atoms with van der Waals surface area (Å²) in [5, 5.41) is 0. The summed E-state index contributed by atoms with van der Waals surface area (Å²) in [5.74, 6) is 0.340. The summed E-state index contributed by atoms with van der Waals surface area (Å²) in [6, 6.07) is 17.3. The predicted molar refractivity (Wildman–Crippen MR) is 85.2 cm³/mol. The van der Waals surface area contributed by atoms with Gasteiger partial charge in [0, 0.05) is 5.56 Å². The number of hydrogen-bond donors (Lipinski definition) is 1. The van der Waals surface area contributed by atoms with Gasteiger partial charge >= 0.3 is 5.97 Å². The Hall–Kier alpha value is -2.33. The molecule has 0 amide bonds. The Morgan fingerprint density at radius 3 is 2.59 bits per heavy atom. The molecule has 0 saturated heterocycles. The Labute approximate surface area is 131 Å². The van der Waals surface area contributed by atoms with E-state index in [2.05, 4.69) is 19.2 Å². The molecule has 0 aliphatic heterocycles. The normalized spacial score (nSPS) is 11.7. The molecular formula is C18H22NO3+. The van der Waals surface area contributed by atoms with Gasteiger partial charge in [0.2, 0.25) is 0 Å². The summed E-state index contributed by atoms with van der Waals surface area (Å²) >= 11 is 0. The van der Waals surface area contributed by atoms with E-state index in [9.17, 15) is 4.79 Å². The first kappa shape index (κ1) is 16.0. The third kappa shape index (κ3) is 4.90. The number of ether oxygens (including phenoxy) is 2. The molecule has 0 spiro atoms. The maximum atomic E-state index is 12.0. The molecule has 0 aliphatic carbocycles. The van der Waals surface area contributed by atoms with Crippen molar-refractivity contribution in [2.45, 2.75) is 6.54 Å². The van der Waals surface area contributed by atoms with Gasteiger partial charge in [-0.1, -0.05) is 36.4 Å². The van der Waals surface area contributed by atoms with Gasteiger partial charge in [0.25, 0.3) is 0 Å². The molecule has 116 valence electrons. The molecule has 0 fully saturated rings. The molecule has 2 aromatic rings. The molecule has 0 bridgehead atoms. The van der Waals surface area contributed by atoms with Crippen LogP contribution in [0.5, 0.6) is 5.75 Å². The van der Waals surface area contributed by atoms with Crippen LogP contribution in [0.1, 0.15) is 15.9 Å². The number of benzene rings is 2. The fourth-order valence-electron chi connectivity index (χ4n) is 2.18. The Bertz CT molecular complexity index is 598. The minimum absolute atomic E-state index is 0.314. The highest BCUT2D eigenvalue weighted by molar-refractivity contribution is 5.89. The van der Waals surface area contributed by atoms with Gasteiger partial charge in [0.1, 0.15) is 25.4 Å². The van der Waals surface area contributed by atoms with Gasteiger partial charge in [-0.05, 0) is 18.2 Å². The Morgan fingerprint density at radius 2 is 1.86 bits per heavy atom. The number of nitrogens with one attached hydrogen (secondary N) is 1. The summed E-state index contributed by atoms with van der Waals surface area (Å²) in [5.41, 5.74) is 1.79. The first-order chi connectivity index (χ1) is 10.7. The number of carbonyl (C=O) groups is 1. The second-order valence-electron chi connectivity index (χ2n) is 5.24. The molecule has 2 aromatic carbocycles. The molecule has 4 heteroatoms. The van der Waals surface area contributed by atoms with Crippen LogP contribution in [0.2, 0.25) is 0 Å². The maximum absolute atomic E-state index is 12.0. The molecule has 1 N–H and O–H groups in total. The molecule has 0 aliphatic rings. The number of hydrogen-bond acceptors (Lipinski definition) is 3. The molecule has 0 aromatic heterocycles. The first-order valence-electron chi connectivity index (χ1n) is 7.35. The highest BCUT2D eigenvalue weighted by atomic mass is 16.5. The summed E-state index contributed by atoms with van der Waals surface area (Å²) < 4.78 is 10.4. The minimum atomic E-state index is -0.314. The zero-order chi connectivity index (χ0) is 15.8. The van der Waals surface area contributed by atoms with E-state index in [0.717, 1.165) is 13.1 Å². The zero-order valence-electron chi connectivity index (χ0n) is 13.0. The number of carbonyl (C=O) groups excluding carboxylic acids is 1. The van der Waals surface area contributed by atoms with Crippen LogP contribution < -0.4 is 9.64 Å². The lowest BCUT2D eigenvalue weighted by Crippen LogP contribution is -3.08. The topological polar surface area (TPSA) is 40.0 Å². The van der Waals surface area contributed by atoms with E-state index in [4.69, 9.17) is 9.47 Å². The van der Waals surface area contributed by atoms with Crippen molar-refractivity contribution in [3.63, 3.8) is 0 Å². The molecular weight excluding hydrogens is 278 g/mol. The van der Waals surface area contributed by atoms with Crippen LogP contribution in [0.3, 0.4) is 0 Å². The van der Waals surface area contributed by atoms with Gasteiger partial charge in [-0.25, -0.2) is 4.79 Å². The molecule has 22 heavy (non-hydrogen) atoms. The van der Waals surface area contributed by atoms with Crippen molar-refractivity contribution >= 4 is 5.97 Å². The van der Waals surface area contributed by atoms with E-state index in [1.54, 1.807) is 31.4 Å². The number of methoxy groups -OCH3 is 1. The van der Waals surface area contributed by atoms with Crippen molar-refractivity contribution in [3.8, 4) is 5.75 Å². The second-order valence-corrected chi connectivity index (χ2v) is 5.24. The lowest BCUT2D eigenvalue weighted by Gasteiger charge is -2.14. The van der Waals surface area contributed by atoms with E-state index in [0.29, 0.717) is 17.9 Å². The summed E-state index contributed by atoms with van der Waals surface area (Å²) in [7, 11) is 3.67. The lowest BCUT2D eigenvalue weighted by atomic mass is 10.2. The monoisotopic (exact) mass is 300 g/mol. The highest BCUT2D eigenvalue weighted by Gasteiger charge is 2.10. The van der Waals surface area contributed by atoms with Gasteiger partial charge in [-0.2, -0.15) is 0 Å². The van der Waals surface area contributed by atoms with Crippen molar-refractivity contribution in [1.29, 1.82) is 0 Å². The van der Waals surface area contributed by atoms with Gasteiger partial charge in [-0.3, -0.25) is 0 Å². The molecule has 4 nitrogen and oxygen atoms in total. The van der Waals surface area contributed by atoms with Gasteiger partial charge in [0.15, 0.2) is 0 Å². The van der Waals surface area contributed by atoms with Crippen LogP contribution in [0.4, 0.5) is 0 Å². The van der Waals surface area contributed by atoms with Crippen LogP contribution in [0.15, 0.2) is 54.6 Å². The third-order valence-electron chi connectivity index (χ3n) is 3.42. The summed E-state index contributed by atoms with van der Waals surface area (Å²) in [4.78, 5) is 13.3. The first-order valence-corrected chi connectivity index (χ1v) is 7.35. The van der Waals surface area contributed by atoms with E-state index in [1.807, 2.05) is 18.2 Å². The second kappa shape index (κ2) is 8.20. The van der Waals surface area contributed by atoms with E-state index in [-0.39, 0.29) is 5.97 Å². The van der Waals surface area contributed by atoms with Crippen molar-refractivity contribution in [1.82, 2.24) is 0 Å². The fourth-order valence-corrected chi connectivity index (χ4v) is 2.18. The molecule has 1 unspecified atom stereocenters. The van der Waals surface area contributed by atoms with E-state index in [1.165, 1.54) is 10.5 Å². The smallest absolute Gasteiger partial charge is 0.338 e. The standard InChI is InChI=1S/C18H21NO3/c1-19(14-15-7-4-3-5-8-15)11-12-22-18(20)16-9-6-10-17(13-16)21-2/h3-10,13H,11-12,14H2,1-2H3/p+1. The van der Waals surface area contributed by atoms with E-state index < -0.39 is 0 Å². The third-order valence-corrected chi connectivity index (χ3v) is 3.42. The van der Waals surface area contributed by atoms with Crippen LogP contribution in [-0.4, -0.2) is 33.3 Å². The lowest BCUT2D eigenvalue weighted by molar-refractivity contribution is -0.893. The Kier molecular flexibility index (Phi) is 5.98. The summed E-state index contributed by atoms with van der Waals surface area (Å²) in [6.45, 7) is 2.08. The average Bonchev–Trinajstić information content (AvgIpc) is 2.55. The van der Waals surface area contributed by atoms with Crippen LogP contribution >= 0.6 is 0 Å². The SMILES string of the molecule is COc1cccc(C(=O)OCC[NH+](C)Cc2ccccc2)c1. The molecule has 0 heterocycles. The molecule has 0 saturated carbocycles. The summed E-state index contributed by atoms with van der Waals surface area (Å²) in [6.07, 6.45) is 0. The van der Waals surface area contributed by atoms with Crippen molar-refractivity contribution in [3.05, 3.63) is 65.7 Å². The zero-order valence-corrected chi connectivity index (χ0v) is 13.0. The van der Waals surface area contributed by atoms with Crippen molar-refractivity contribution in [2.75, 3.05) is 27.3 Å². The fraction of sp³-hybridized carbons (Fsp3) is 0.278. The number of rotatable bonds is 7. The number of quaternary nitrogens is 1. The van der Waals surface area contributed by atoms with Gasteiger partial charge < -0.3 is 14.4 Å². The average molecular weight is 300 g/mol. The van der Waals surface area contributed by atoms with Gasteiger partial charge in [-0.15, -0.1) is 0 Å². The molecule has 0 radical (unpaired) electrons. The van der Waals surface area contributed by atoms with Crippen molar-refractivity contribution in [2.24, 2.45) is 0 Å². The minimum Gasteiger partial charge on any atom is -0.497 e. The van der Waals surface area contributed by atoms with Gasteiger partial charge in [0.05, 0.1) is 19.7 Å². The molecule has 2 rings (SSSR count). The van der Waals surface area contributed by atoms with Crippen LogP contribution in [-0.2, 0) is 11.3 Å².